The smallest absolute Gasteiger partial charge is 0.338 e. The molecule has 4 aromatic rings. The first-order valence-electron chi connectivity index (χ1n) is 12.7. The summed E-state index contributed by atoms with van der Waals surface area (Å²) in [5.41, 5.74) is 4.78. The fourth-order valence-electron chi connectivity index (χ4n) is 4.33. The summed E-state index contributed by atoms with van der Waals surface area (Å²) < 4.78 is 27.2. The zero-order chi connectivity index (χ0) is 27.4. The van der Waals surface area contributed by atoms with E-state index in [1.807, 2.05) is 43.3 Å². The molecule has 0 spiro atoms. The molecule has 0 radical (unpaired) electrons. The van der Waals surface area contributed by atoms with Crippen molar-refractivity contribution in [3.63, 3.8) is 0 Å². The number of esters is 1. The molecule has 2 heterocycles. The predicted octanol–water partition coefficient (Wildman–Crippen LogP) is 6.45. The molecule has 1 aliphatic heterocycles. The van der Waals surface area contributed by atoms with Crippen LogP contribution in [0, 0.1) is 12.7 Å². The monoisotopic (exact) mass is 544 g/mol. The zero-order valence-corrected chi connectivity index (χ0v) is 22.8. The third-order valence-electron chi connectivity index (χ3n) is 6.37. The summed E-state index contributed by atoms with van der Waals surface area (Å²) in [4.78, 5) is 17.7. The molecule has 1 N–H and O–H groups in total. The number of benzene rings is 3. The van der Waals surface area contributed by atoms with Gasteiger partial charge in [-0.3, -0.25) is 0 Å². The fraction of sp³-hybridized carbons (Fsp3) is 0.233. The Morgan fingerprint density at radius 1 is 1.05 bits per heavy atom. The Kier molecular flexibility index (Phi) is 7.97. The van der Waals surface area contributed by atoms with Gasteiger partial charge in [-0.2, -0.15) is 4.98 Å². The maximum Gasteiger partial charge on any atom is 0.338 e. The van der Waals surface area contributed by atoms with E-state index >= 15 is 0 Å². The van der Waals surface area contributed by atoms with Gasteiger partial charge in [-0.1, -0.05) is 71.9 Å². The normalized spacial score (nSPS) is 14.5. The Morgan fingerprint density at radius 3 is 2.51 bits per heavy atom. The average molecular weight is 545 g/mol. The van der Waals surface area contributed by atoms with E-state index in [4.69, 9.17) is 14.6 Å². The van der Waals surface area contributed by atoms with Crippen molar-refractivity contribution in [1.29, 1.82) is 0 Å². The van der Waals surface area contributed by atoms with Gasteiger partial charge in [-0.15, -0.1) is 5.10 Å². The lowest BCUT2D eigenvalue weighted by molar-refractivity contribution is -0.139. The summed E-state index contributed by atoms with van der Waals surface area (Å²) in [7, 11) is 0. The summed E-state index contributed by atoms with van der Waals surface area (Å²) in [6.45, 7) is 6.36. The topological polar surface area (TPSA) is 78.3 Å². The molecule has 1 unspecified atom stereocenters. The number of rotatable bonds is 9. The van der Waals surface area contributed by atoms with Gasteiger partial charge in [0.05, 0.1) is 12.2 Å². The Hall–Kier alpha value is -4.11. The molecule has 3 aromatic carbocycles. The number of aromatic nitrogens is 3. The highest BCUT2D eigenvalue weighted by atomic mass is 32.2. The average Bonchev–Trinajstić information content (AvgIpc) is 3.34. The number of hydrogen-bond acceptors (Lipinski definition) is 7. The summed E-state index contributed by atoms with van der Waals surface area (Å²) in [5.74, 6) is 0.906. The van der Waals surface area contributed by atoms with Crippen LogP contribution < -0.4 is 10.1 Å². The number of fused-ring (bicyclic) bond motifs is 1. The molecule has 0 saturated heterocycles. The number of carbonyl (C=O) groups excluding carboxylic acids is 1. The number of ether oxygens (including phenoxy) is 2. The minimum absolute atomic E-state index is 0.252. The molecule has 1 aliphatic rings. The highest BCUT2D eigenvalue weighted by Gasteiger charge is 2.35. The van der Waals surface area contributed by atoms with Gasteiger partial charge in [0.25, 0.3) is 0 Å². The highest BCUT2D eigenvalue weighted by Crippen LogP contribution is 2.37. The van der Waals surface area contributed by atoms with Crippen LogP contribution in [0.3, 0.4) is 0 Å². The van der Waals surface area contributed by atoms with Crippen molar-refractivity contribution in [1.82, 2.24) is 14.8 Å². The second-order valence-electron chi connectivity index (χ2n) is 9.17. The molecule has 0 bridgehead atoms. The van der Waals surface area contributed by atoms with Crippen molar-refractivity contribution in [3.05, 3.63) is 112 Å². The van der Waals surface area contributed by atoms with Crippen LogP contribution in [-0.2, 0) is 21.9 Å². The first-order chi connectivity index (χ1) is 18.9. The van der Waals surface area contributed by atoms with E-state index in [0.29, 0.717) is 46.0 Å². The van der Waals surface area contributed by atoms with Gasteiger partial charge in [0.2, 0.25) is 11.1 Å². The number of carbonyl (C=O) groups is 1. The van der Waals surface area contributed by atoms with Crippen LogP contribution in [0.15, 0.2) is 89.2 Å². The van der Waals surface area contributed by atoms with Crippen LogP contribution in [0.1, 0.15) is 42.1 Å². The van der Waals surface area contributed by atoms with Crippen LogP contribution in [0.4, 0.5) is 10.3 Å². The maximum absolute atomic E-state index is 14.1. The summed E-state index contributed by atoms with van der Waals surface area (Å²) in [5, 5.41) is 8.36. The van der Waals surface area contributed by atoms with Crippen molar-refractivity contribution in [3.8, 4) is 5.75 Å². The van der Waals surface area contributed by atoms with Crippen LogP contribution >= 0.6 is 11.8 Å². The maximum atomic E-state index is 14.1. The molecular formula is C30H29FN4O3S. The molecule has 5 rings (SSSR count). The quantitative estimate of drug-likeness (QED) is 0.192. The molecule has 1 atom stereocenters. The van der Waals surface area contributed by atoms with E-state index in [1.54, 1.807) is 29.8 Å². The van der Waals surface area contributed by atoms with Crippen molar-refractivity contribution < 1.29 is 18.7 Å². The summed E-state index contributed by atoms with van der Waals surface area (Å²) >= 11 is 1.33. The van der Waals surface area contributed by atoms with Crippen LogP contribution in [0.5, 0.6) is 5.75 Å². The lowest BCUT2D eigenvalue weighted by Gasteiger charge is -2.28. The molecule has 0 amide bonds. The second kappa shape index (κ2) is 11.7. The van der Waals surface area contributed by atoms with Gasteiger partial charge in [-0.05, 0) is 55.7 Å². The van der Waals surface area contributed by atoms with Gasteiger partial charge in [0.1, 0.15) is 24.2 Å². The molecule has 0 fully saturated rings. The highest BCUT2D eigenvalue weighted by molar-refractivity contribution is 7.98. The van der Waals surface area contributed by atoms with E-state index in [-0.39, 0.29) is 12.4 Å². The Morgan fingerprint density at radius 2 is 1.79 bits per heavy atom. The third-order valence-corrected chi connectivity index (χ3v) is 7.25. The van der Waals surface area contributed by atoms with Gasteiger partial charge < -0.3 is 14.8 Å². The second-order valence-corrected chi connectivity index (χ2v) is 10.1. The summed E-state index contributed by atoms with van der Waals surface area (Å²) in [6.07, 6.45) is 0. The van der Waals surface area contributed by atoms with E-state index in [1.165, 1.54) is 23.4 Å². The van der Waals surface area contributed by atoms with Gasteiger partial charge in [0, 0.05) is 11.4 Å². The van der Waals surface area contributed by atoms with E-state index in [0.717, 1.165) is 11.1 Å². The first kappa shape index (κ1) is 26.5. The zero-order valence-electron chi connectivity index (χ0n) is 22.0. The fourth-order valence-corrected chi connectivity index (χ4v) is 5.14. The number of nitrogens with one attached hydrogen (secondary N) is 1. The Labute approximate surface area is 231 Å². The Bertz CT molecular complexity index is 1500. The van der Waals surface area contributed by atoms with Crippen molar-refractivity contribution in [2.75, 3.05) is 11.9 Å². The van der Waals surface area contributed by atoms with E-state index in [2.05, 4.69) is 29.4 Å². The number of allylic oxidation sites excluding steroid dienone is 1. The lowest BCUT2D eigenvalue weighted by atomic mass is 9.96. The molecule has 0 aliphatic carbocycles. The summed E-state index contributed by atoms with van der Waals surface area (Å²) in [6, 6.07) is 21.9. The molecule has 0 saturated carbocycles. The molecule has 9 heteroatoms. The lowest BCUT2D eigenvalue weighted by Crippen LogP contribution is -2.29. The van der Waals surface area contributed by atoms with Crippen molar-refractivity contribution in [2.24, 2.45) is 0 Å². The van der Waals surface area contributed by atoms with Gasteiger partial charge in [0.15, 0.2) is 0 Å². The van der Waals surface area contributed by atoms with Crippen molar-refractivity contribution >= 4 is 23.7 Å². The van der Waals surface area contributed by atoms with Crippen molar-refractivity contribution in [2.45, 2.75) is 44.3 Å². The van der Waals surface area contributed by atoms with Gasteiger partial charge in [-0.25, -0.2) is 13.9 Å². The third kappa shape index (κ3) is 5.98. The Balaban J connectivity index is 1.41. The number of anilines is 1. The number of aryl methyl sites for hydroxylation is 1. The standard InChI is InChI=1S/C30H29FN4O3S/c1-4-37-28(36)26-20(3)32-29-33-30(39-18-23-7-5-6-8-25(23)31)34-35(29)27(26)22-13-15-24(16-14-22)38-17-21-11-9-19(2)10-12-21/h5-16,27H,4,17-18H2,1-3H3,(H,32,33,34). The van der Waals surface area contributed by atoms with Crippen LogP contribution in [-0.4, -0.2) is 27.3 Å². The number of hydrogen-bond donors (Lipinski definition) is 1. The number of thioether (sulfide) groups is 1. The first-order valence-corrected chi connectivity index (χ1v) is 13.7. The molecule has 1 aromatic heterocycles. The van der Waals surface area contributed by atoms with E-state index < -0.39 is 12.0 Å². The molecule has 39 heavy (non-hydrogen) atoms. The predicted molar refractivity (Wildman–Crippen MR) is 149 cm³/mol. The molecule has 7 nitrogen and oxygen atoms in total. The number of nitrogens with zero attached hydrogens (tertiary/aromatic N) is 3. The van der Waals surface area contributed by atoms with E-state index in [9.17, 15) is 9.18 Å². The van der Waals surface area contributed by atoms with Crippen LogP contribution in [0.25, 0.3) is 0 Å². The number of halogens is 1. The largest absolute Gasteiger partial charge is 0.489 e. The minimum Gasteiger partial charge on any atom is -0.489 e. The molecule has 200 valence electrons. The minimum atomic E-state index is -0.554. The van der Waals surface area contributed by atoms with Gasteiger partial charge >= 0.3 is 5.97 Å². The molecular weight excluding hydrogens is 515 g/mol. The van der Waals surface area contributed by atoms with Crippen LogP contribution in [0.2, 0.25) is 0 Å². The SMILES string of the molecule is CCOC(=O)C1=C(C)Nc2nc(SCc3ccccc3F)nn2C1c1ccc(OCc2ccc(C)cc2)cc1.